The maximum absolute atomic E-state index is 11.0. The number of cyclic esters (lactones) is 2. The third-order valence-electron chi connectivity index (χ3n) is 1.92. The van der Waals surface area contributed by atoms with Gasteiger partial charge in [-0.1, -0.05) is 20.8 Å². The van der Waals surface area contributed by atoms with Crippen molar-refractivity contribution in [3.63, 3.8) is 0 Å². The lowest BCUT2D eigenvalue weighted by Crippen LogP contribution is -2.24. The average molecular weight is 156 g/mol. The van der Waals surface area contributed by atoms with Crippen molar-refractivity contribution in [2.45, 2.75) is 27.2 Å². The molecule has 0 amide bonds. The molecule has 0 radical (unpaired) electrons. The van der Waals surface area contributed by atoms with E-state index in [-0.39, 0.29) is 23.7 Å². The molecular formula is C8H12O3. The van der Waals surface area contributed by atoms with Crippen molar-refractivity contribution in [3.05, 3.63) is 0 Å². The normalized spacial score (nSPS) is 25.5. The zero-order valence-electron chi connectivity index (χ0n) is 7.01. The lowest BCUT2D eigenvalue weighted by molar-refractivity contribution is -0.154. The van der Waals surface area contributed by atoms with Gasteiger partial charge in [0.2, 0.25) is 0 Å². The van der Waals surface area contributed by atoms with Crippen LogP contribution >= 0.6 is 0 Å². The smallest absolute Gasteiger partial charge is 0.317 e. The zero-order valence-corrected chi connectivity index (χ0v) is 7.01. The second kappa shape index (κ2) is 2.32. The summed E-state index contributed by atoms with van der Waals surface area (Å²) in [7, 11) is 0. The molecular weight excluding hydrogens is 144 g/mol. The van der Waals surface area contributed by atoms with Gasteiger partial charge in [-0.2, -0.15) is 0 Å². The molecule has 1 fully saturated rings. The summed E-state index contributed by atoms with van der Waals surface area (Å²) in [6, 6.07) is 0. The van der Waals surface area contributed by atoms with E-state index in [1.54, 1.807) is 0 Å². The highest BCUT2D eigenvalue weighted by Crippen LogP contribution is 2.33. The molecule has 0 aromatic rings. The second-order valence-corrected chi connectivity index (χ2v) is 3.92. The molecule has 0 aromatic heterocycles. The third-order valence-corrected chi connectivity index (χ3v) is 1.92. The van der Waals surface area contributed by atoms with Crippen LogP contribution in [0.5, 0.6) is 0 Å². The van der Waals surface area contributed by atoms with Crippen molar-refractivity contribution < 1.29 is 14.3 Å². The first-order valence-electron chi connectivity index (χ1n) is 3.66. The number of rotatable bonds is 0. The minimum atomic E-state index is -0.394. The number of carbonyl (C=O) groups is 2. The summed E-state index contributed by atoms with van der Waals surface area (Å²) in [4.78, 5) is 21.7. The van der Waals surface area contributed by atoms with Crippen molar-refractivity contribution in [1.29, 1.82) is 0 Å². The molecule has 62 valence electrons. The fraction of sp³-hybridized carbons (Fsp3) is 0.750. The monoisotopic (exact) mass is 156 g/mol. The van der Waals surface area contributed by atoms with E-state index in [1.165, 1.54) is 0 Å². The van der Waals surface area contributed by atoms with E-state index in [4.69, 9.17) is 0 Å². The average Bonchev–Trinajstić information content (AvgIpc) is 2.08. The van der Waals surface area contributed by atoms with Crippen molar-refractivity contribution in [3.8, 4) is 0 Å². The van der Waals surface area contributed by atoms with Crippen LogP contribution in [-0.4, -0.2) is 11.9 Å². The van der Waals surface area contributed by atoms with Crippen LogP contribution in [0.25, 0.3) is 0 Å². The Balaban J connectivity index is 2.76. The van der Waals surface area contributed by atoms with Crippen molar-refractivity contribution in [2.75, 3.05) is 0 Å². The molecule has 0 aromatic carbocycles. The molecule has 0 spiro atoms. The fourth-order valence-corrected chi connectivity index (χ4v) is 1.13. The van der Waals surface area contributed by atoms with Gasteiger partial charge in [0.25, 0.3) is 0 Å². The molecule has 1 aliphatic rings. The van der Waals surface area contributed by atoms with Gasteiger partial charge in [-0.3, -0.25) is 9.59 Å². The molecule has 1 heterocycles. The molecule has 1 saturated heterocycles. The zero-order chi connectivity index (χ0) is 8.65. The summed E-state index contributed by atoms with van der Waals surface area (Å²) < 4.78 is 4.42. The molecule has 0 N–H and O–H groups in total. The van der Waals surface area contributed by atoms with Crippen LogP contribution in [-0.2, 0) is 14.3 Å². The van der Waals surface area contributed by atoms with Crippen LogP contribution in [0.4, 0.5) is 0 Å². The van der Waals surface area contributed by atoms with Gasteiger partial charge < -0.3 is 4.74 Å². The van der Waals surface area contributed by atoms with E-state index in [1.807, 2.05) is 20.8 Å². The number of carbonyl (C=O) groups excluding carboxylic acids is 2. The van der Waals surface area contributed by atoms with E-state index in [0.717, 1.165) is 0 Å². The molecule has 11 heavy (non-hydrogen) atoms. The van der Waals surface area contributed by atoms with Gasteiger partial charge in [-0.25, -0.2) is 0 Å². The number of esters is 2. The van der Waals surface area contributed by atoms with E-state index in [2.05, 4.69) is 4.74 Å². The van der Waals surface area contributed by atoms with Crippen LogP contribution in [0.3, 0.4) is 0 Å². The Kier molecular flexibility index (Phi) is 1.74. The molecule has 1 atom stereocenters. The summed E-state index contributed by atoms with van der Waals surface area (Å²) in [6.07, 6.45) is 0.238. The van der Waals surface area contributed by atoms with Gasteiger partial charge in [0.15, 0.2) is 0 Å². The molecule has 1 aliphatic heterocycles. The van der Waals surface area contributed by atoms with Gasteiger partial charge in [0.05, 0.1) is 12.3 Å². The van der Waals surface area contributed by atoms with Crippen LogP contribution in [0.15, 0.2) is 0 Å². The first-order valence-corrected chi connectivity index (χ1v) is 3.66. The predicted octanol–water partition coefficient (Wildman–Crippen LogP) is 1.12. The SMILES string of the molecule is CC(C)(C)C1CC(=O)OC1=O. The quantitative estimate of drug-likeness (QED) is 0.390. The standard InChI is InChI=1S/C8H12O3/c1-8(2,3)5-4-6(9)11-7(5)10/h5H,4H2,1-3H3. The topological polar surface area (TPSA) is 43.4 Å². The van der Waals surface area contributed by atoms with Gasteiger partial charge in [-0.05, 0) is 5.41 Å². The van der Waals surface area contributed by atoms with Crippen molar-refractivity contribution in [1.82, 2.24) is 0 Å². The predicted molar refractivity (Wildman–Crippen MR) is 38.7 cm³/mol. The summed E-state index contributed by atoms with van der Waals surface area (Å²) in [6.45, 7) is 5.78. The number of hydrogen-bond donors (Lipinski definition) is 0. The van der Waals surface area contributed by atoms with E-state index < -0.39 is 5.97 Å². The van der Waals surface area contributed by atoms with Gasteiger partial charge >= 0.3 is 11.9 Å². The van der Waals surface area contributed by atoms with Gasteiger partial charge in [0.1, 0.15) is 0 Å². The molecule has 1 rings (SSSR count). The van der Waals surface area contributed by atoms with Crippen molar-refractivity contribution >= 4 is 11.9 Å². The second-order valence-electron chi connectivity index (χ2n) is 3.92. The highest BCUT2D eigenvalue weighted by Gasteiger charge is 2.41. The highest BCUT2D eigenvalue weighted by atomic mass is 16.6. The Labute approximate surface area is 65.7 Å². The molecule has 1 unspecified atom stereocenters. The summed E-state index contributed by atoms with van der Waals surface area (Å²) >= 11 is 0. The maximum atomic E-state index is 11.0. The van der Waals surface area contributed by atoms with Crippen LogP contribution in [0.2, 0.25) is 0 Å². The van der Waals surface area contributed by atoms with Crippen LogP contribution in [0, 0.1) is 11.3 Å². The first kappa shape index (κ1) is 8.24. The Hall–Kier alpha value is -0.860. The summed E-state index contributed by atoms with van der Waals surface area (Å²) in [5.41, 5.74) is -0.163. The Morgan fingerprint density at radius 2 is 1.91 bits per heavy atom. The molecule has 0 aliphatic carbocycles. The lowest BCUT2D eigenvalue weighted by Gasteiger charge is -2.21. The van der Waals surface area contributed by atoms with Crippen LogP contribution < -0.4 is 0 Å². The summed E-state index contributed by atoms with van der Waals surface area (Å²) in [5.74, 6) is -1.02. The minimum Gasteiger partial charge on any atom is -0.393 e. The van der Waals surface area contributed by atoms with E-state index in [9.17, 15) is 9.59 Å². The Morgan fingerprint density at radius 3 is 2.09 bits per heavy atom. The van der Waals surface area contributed by atoms with Gasteiger partial charge in [0, 0.05) is 0 Å². The largest absolute Gasteiger partial charge is 0.393 e. The lowest BCUT2D eigenvalue weighted by atomic mass is 9.80. The van der Waals surface area contributed by atoms with Gasteiger partial charge in [-0.15, -0.1) is 0 Å². The summed E-state index contributed by atoms with van der Waals surface area (Å²) in [5, 5.41) is 0. The van der Waals surface area contributed by atoms with Crippen LogP contribution in [0.1, 0.15) is 27.2 Å². The fourth-order valence-electron chi connectivity index (χ4n) is 1.13. The Bertz CT molecular complexity index is 200. The number of ether oxygens (including phenoxy) is 1. The molecule has 3 heteroatoms. The Morgan fingerprint density at radius 1 is 1.36 bits per heavy atom. The van der Waals surface area contributed by atoms with Crippen molar-refractivity contribution in [2.24, 2.45) is 11.3 Å². The number of hydrogen-bond acceptors (Lipinski definition) is 3. The minimum absolute atomic E-state index is 0.163. The highest BCUT2D eigenvalue weighted by molar-refractivity contribution is 5.95. The maximum Gasteiger partial charge on any atom is 0.317 e. The first-order chi connectivity index (χ1) is 4.91. The third kappa shape index (κ3) is 1.59. The molecule has 0 saturated carbocycles. The molecule has 3 nitrogen and oxygen atoms in total. The molecule has 0 bridgehead atoms. The van der Waals surface area contributed by atoms with E-state index in [0.29, 0.717) is 0 Å². The van der Waals surface area contributed by atoms with E-state index >= 15 is 0 Å².